The molecule has 0 radical (unpaired) electrons. The highest BCUT2D eigenvalue weighted by molar-refractivity contribution is 5.78. The third-order valence-electron chi connectivity index (χ3n) is 4.20. The topological polar surface area (TPSA) is 81.4 Å². The fraction of sp³-hybridized carbons (Fsp3) is 0.421. The van der Waals surface area contributed by atoms with Gasteiger partial charge in [0.05, 0.1) is 25.3 Å². The van der Waals surface area contributed by atoms with Crippen molar-refractivity contribution in [2.75, 3.05) is 7.11 Å². The van der Waals surface area contributed by atoms with Crippen molar-refractivity contribution in [3.63, 3.8) is 0 Å². The molecule has 6 heteroatoms. The second kappa shape index (κ2) is 8.46. The van der Waals surface area contributed by atoms with Crippen LogP contribution in [0.4, 0.5) is 0 Å². The number of esters is 1. The molecule has 25 heavy (non-hydrogen) atoms. The van der Waals surface area contributed by atoms with Crippen LogP contribution in [0.3, 0.4) is 0 Å². The van der Waals surface area contributed by atoms with Crippen molar-refractivity contribution in [2.45, 2.75) is 46.1 Å². The predicted molar refractivity (Wildman–Crippen MR) is 93.0 cm³/mol. The van der Waals surface area contributed by atoms with Gasteiger partial charge in [0.1, 0.15) is 5.76 Å². The van der Waals surface area contributed by atoms with Gasteiger partial charge in [0.15, 0.2) is 0 Å². The molecule has 0 aliphatic rings. The lowest BCUT2D eigenvalue weighted by Gasteiger charge is -2.18. The van der Waals surface area contributed by atoms with Gasteiger partial charge in [-0.2, -0.15) is 0 Å². The average molecular weight is 344 g/mol. The maximum atomic E-state index is 12.4. The normalized spacial score (nSPS) is 11.8. The van der Waals surface area contributed by atoms with Crippen molar-refractivity contribution >= 4 is 11.9 Å². The molecule has 0 aliphatic heterocycles. The number of benzene rings is 1. The Hall–Kier alpha value is -2.63. The first-order valence-corrected chi connectivity index (χ1v) is 8.25. The van der Waals surface area contributed by atoms with E-state index in [1.54, 1.807) is 0 Å². The van der Waals surface area contributed by atoms with Gasteiger partial charge in [-0.25, -0.2) is 0 Å². The van der Waals surface area contributed by atoms with Gasteiger partial charge in [0.25, 0.3) is 0 Å². The maximum Gasteiger partial charge on any atom is 0.307 e. The number of carbonyl (C=O) groups excluding carboxylic acids is 2. The highest BCUT2D eigenvalue weighted by Gasteiger charge is 2.19. The van der Waals surface area contributed by atoms with Crippen LogP contribution in [0.1, 0.15) is 47.0 Å². The Kier molecular flexibility index (Phi) is 6.33. The van der Waals surface area contributed by atoms with E-state index in [2.05, 4.69) is 10.5 Å². The van der Waals surface area contributed by atoms with E-state index in [0.29, 0.717) is 12.8 Å². The summed E-state index contributed by atoms with van der Waals surface area (Å²) in [4.78, 5) is 24.1. The van der Waals surface area contributed by atoms with Crippen molar-refractivity contribution in [3.8, 4) is 0 Å². The van der Waals surface area contributed by atoms with Crippen molar-refractivity contribution < 1.29 is 18.8 Å². The molecule has 0 bridgehead atoms. The molecule has 0 fully saturated rings. The standard InChI is InChI=1S/C19H24N2O4/c1-12-5-7-15(8-6-12)17(11-19(23)24-4)20-18(22)10-9-16-13(2)21-25-14(16)3/h5-8,17H,9-11H2,1-4H3,(H,20,22). The third-order valence-corrected chi connectivity index (χ3v) is 4.20. The second-order valence-corrected chi connectivity index (χ2v) is 6.11. The Morgan fingerprint density at radius 2 is 1.88 bits per heavy atom. The van der Waals surface area contributed by atoms with Crippen LogP contribution in [0.15, 0.2) is 28.8 Å². The number of aryl methyl sites for hydroxylation is 3. The number of methoxy groups -OCH3 is 1. The largest absolute Gasteiger partial charge is 0.469 e. The van der Waals surface area contributed by atoms with Crippen LogP contribution in [0.25, 0.3) is 0 Å². The van der Waals surface area contributed by atoms with Gasteiger partial charge >= 0.3 is 5.97 Å². The van der Waals surface area contributed by atoms with Gasteiger partial charge in [-0.1, -0.05) is 35.0 Å². The fourth-order valence-corrected chi connectivity index (χ4v) is 2.66. The minimum atomic E-state index is -0.412. The van der Waals surface area contributed by atoms with Gasteiger partial charge in [0.2, 0.25) is 5.91 Å². The first-order valence-electron chi connectivity index (χ1n) is 8.25. The predicted octanol–water partition coefficient (Wildman–Crippen LogP) is 2.95. The van der Waals surface area contributed by atoms with E-state index in [1.807, 2.05) is 45.0 Å². The van der Waals surface area contributed by atoms with Crippen molar-refractivity contribution in [1.29, 1.82) is 0 Å². The summed E-state index contributed by atoms with van der Waals surface area (Å²) in [5, 5.41) is 6.82. The van der Waals surface area contributed by atoms with Crippen LogP contribution in [0.2, 0.25) is 0 Å². The molecule has 1 heterocycles. The molecule has 0 saturated heterocycles. The number of ether oxygens (including phenoxy) is 1. The van der Waals surface area contributed by atoms with E-state index in [-0.39, 0.29) is 18.3 Å². The Morgan fingerprint density at radius 1 is 1.20 bits per heavy atom. The smallest absolute Gasteiger partial charge is 0.307 e. The molecule has 6 nitrogen and oxygen atoms in total. The molecule has 0 saturated carbocycles. The molecule has 1 unspecified atom stereocenters. The molecule has 2 rings (SSSR count). The summed E-state index contributed by atoms with van der Waals surface area (Å²) in [6.07, 6.45) is 0.939. The number of rotatable bonds is 7. The van der Waals surface area contributed by atoms with E-state index in [9.17, 15) is 9.59 Å². The van der Waals surface area contributed by atoms with Crippen LogP contribution in [0.5, 0.6) is 0 Å². The molecule has 1 N–H and O–H groups in total. The quantitative estimate of drug-likeness (QED) is 0.781. The summed E-state index contributed by atoms with van der Waals surface area (Å²) in [5.74, 6) is 0.237. The Morgan fingerprint density at radius 3 is 2.44 bits per heavy atom. The SMILES string of the molecule is COC(=O)CC(NC(=O)CCc1c(C)noc1C)c1ccc(C)cc1. The number of aromatic nitrogens is 1. The number of nitrogens with zero attached hydrogens (tertiary/aromatic N) is 1. The van der Waals surface area contributed by atoms with Crippen molar-refractivity contribution in [1.82, 2.24) is 10.5 Å². The monoisotopic (exact) mass is 344 g/mol. The molecule has 1 atom stereocenters. The maximum absolute atomic E-state index is 12.4. The lowest BCUT2D eigenvalue weighted by atomic mass is 10.0. The van der Waals surface area contributed by atoms with Crippen LogP contribution >= 0.6 is 0 Å². The lowest BCUT2D eigenvalue weighted by molar-refractivity contribution is -0.141. The molecule has 2 aromatic rings. The number of carbonyl (C=O) groups is 2. The van der Waals surface area contributed by atoms with Crippen LogP contribution < -0.4 is 5.32 Å². The van der Waals surface area contributed by atoms with E-state index < -0.39 is 6.04 Å². The first kappa shape index (κ1) is 18.7. The van der Waals surface area contributed by atoms with Crippen LogP contribution in [-0.2, 0) is 20.7 Å². The molecule has 0 spiro atoms. The zero-order valence-electron chi connectivity index (χ0n) is 15.1. The molecule has 1 aromatic heterocycles. The summed E-state index contributed by atoms with van der Waals surface area (Å²) in [6.45, 7) is 5.68. The summed E-state index contributed by atoms with van der Waals surface area (Å²) >= 11 is 0. The number of hydrogen-bond donors (Lipinski definition) is 1. The molecular weight excluding hydrogens is 320 g/mol. The molecule has 1 amide bonds. The second-order valence-electron chi connectivity index (χ2n) is 6.11. The first-order chi connectivity index (χ1) is 11.9. The number of hydrogen-bond acceptors (Lipinski definition) is 5. The average Bonchev–Trinajstić information content (AvgIpc) is 2.91. The Balaban J connectivity index is 2.03. The zero-order valence-corrected chi connectivity index (χ0v) is 15.1. The van der Waals surface area contributed by atoms with Gasteiger partial charge < -0.3 is 14.6 Å². The van der Waals surface area contributed by atoms with Gasteiger partial charge in [-0.05, 0) is 32.8 Å². The molecule has 0 aliphatic carbocycles. The van der Waals surface area contributed by atoms with Crippen molar-refractivity contribution in [2.24, 2.45) is 0 Å². The summed E-state index contributed by atoms with van der Waals surface area (Å²) in [5.41, 5.74) is 3.75. The highest BCUT2D eigenvalue weighted by Crippen LogP contribution is 2.19. The summed E-state index contributed by atoms with van der Waals surface area (Å²) < 4.78 is 9.86. The fourth-order valence-electron chi connectivity index (χ4n) is 2.66. The number of amides is 1. The molecular formula is C19H24N2O4. The van der Waals surface area contributed by atoms with Gasteiger partial charge in [-0.3, -0.25) is 9.59 Å². The zero-order chi connectivity index (χ0) is 18.4. The van der Waals surface area contributed by atoms with E-state index in [1.165, 1.54) is 7.11 Å². The highest BCUT2D eigenvalue weighted by atomic mass is 16.5. The van der Waals surface area contributed by atoms with Crippen LogP contribution in [-0.4, -0.2) is 24.1 Å². The minimum absolute atomic E-state index is 0.0939. The Bertz CT molecular complexity index is 715. The number of nitrogens with one attached hydrogen (secondary N) is 1. The van der Waals surface area contributed by atoms with E-state index in [0.717, 1.165) is 28.1 Å². The van der Waals surface area contributed by atoms with Gasteiger partial charge in [0, 0.05) is 12.0 Å². The lowest BCUT2D eigenvalue weighted by Crippen LogP contribution is -2.30. The summed E-state index contributed by atoms with van der Waals surface area (Å²) in [7, 11) is 1.34. The van der Waals surface area contributed by atoms with Crippen molar-refractivity contribution in [3.05, 3.63) is 52.4 Å². The third kappa shape index (κ3) is 5.17. The minimum Gasteiger partial charge on any atom is -0.469 e. The van der Waals surface area contributed by atoms with Crippen LogP contribution in [0, 0.1) is 20.8 Å². The Labute approximate surface area is 147 Å². The van der Waals surface area contributed by atoms with E-state index in [4.69, 9.17) is 9.26 Å². The van der Waals surface area contributed by atoms with E-state index >= 15 is 0 Å². The van der Waals surface area contributed by atoms with Gasteiger partial charge in [-0.15, -0.1) is 0 Å². The summed E-state index contributed by atoms with van der Waals surface area (Å²) in [6, 6.07) is 7.32. The molecule has 134 valence electrons. The molecule has 1 aromatic carbocycles.